The van der Waals surface area contributed by atoms with Crippen LogP contribution in [0.15, 0.2) is 24.3 Å². The van der Waals surface area contributed by atoms with Crippen LogP contribution in [0, 0.1) is 5.82 Å². The first-order valence-corrected chi connectivity index (χ1v) is 5.94. The first kappa shape index (κ1) is 13.6. The molecule has 0 atom stereocenters. The van der Waals surface area contributed by atoms with Crippen LogP contribution in [-0.2, 0) is 11.2 Å². The lowest BCUT2D eigenvalue weighted by molar-refractivity contribution is -0.120. The van der Waals surface area contributed by atoms with Crippen LogP contribution >= 0.6 is 0 Å². The fourth-order valence-corrected chi connectivity index (χ4v) is 1.44. The van der Waals surface area contributed by atoms with Gasteiger partial charge in [-0.05, 0) is 37.1 Å². The van der Waals surface area contributed by atoms with E-state index < -0.39 is 0 Å². The van der Waals surface area contributed by atoms with Gasteiger partial charge in [0.15, 0.2) is 0 Å². The SMILES string of the molecule is CCCNCC(=O)NCCc1ccc(F)cc1. The molecule has 94 valence electrons. The first-order valence-electron chi connectivity index (χ1n) is 5.94. The molecule has 0 aliphatic rings. The largest absolute Gasteiger partial charge is 0.355 e. The van der Waals surface area contributed by atoms with Crippen LogP contribution in [0.4, 0.5) is 4.39 Å². The van der Waals surface area contributed by atoms with Gasteiger partial charge in [0.05, 0.1) is 6.54 Å². The van der Waals surface area contributed by atoms with Gasteiger partial charge in [0.25, 0.3) is 0 Å². The minimum Gasteiger partial charge on any atom is -0.355 e. The number of benzene rings is 1. The molecule has 0 aromatic heterocycles. The second kappa shape index (κ2) is 7.79. The minimum atomic E-state index is -0.235. The zero-order valence-corrected chi connectivity index (χ0v) is 10.1. The smallest absolute Gasteiger partial charge is 0.233 e. The molecule has 0 bridgehead atoms. The summed E-state index contributed by atoms with van der Waals surface area (Å²) < 4.78 is 12.6. The summed E-state index contributed by atoms with van der Waals surface area (Å²) in [4.78, 5) is 11.3. The van der Waals surface area contributed by atoms with Crippen LogP contribution in [0.25, 0.3) is 0 Å². The normalized spacial score (nSPS) is 10.2. The summed E-state index contributed by atoms with van der Waals surface area (Å²) in [7, 11) is 0. The quantitative estimate of drug-likeness (QED) is 0.707. The van der Waals surface area contributed by atoms with Gasteiger partial charge in [-0.15, -0.1) is 0 Å². The van der Waals surface area contributed by atoms with E-state index >= 15 is 0 Å². The predicted molar refractivity (Wildman–Crippen MR) is 66.3 cm³/mol. The number of carbonyl (C=O) groups is 1. The number of halogens is 1. The number of hydrogen-bond acceptors (Lipinski definition) is 2. The van der Waals surface area contributed by atoms with Crippen molar-refractivity contribution in [3.63, 3.8) is 0 Å². The Hall–Kier alpha value is -1.42. The van der Waals surface area contributed by atoms with Crippen LogP contribution < -0.4 is 10.6 Å². The molecule has 0 heterocycles. The molecule has 0 fully saturated rings. The lowest BCUT2D eigenvalue weighted by atomic mass is 10.1. The molecule has 1 rings (SSSR count). The van der Waals surface area contributed by atoms with Crippen LogP contribution in [-0.4, -0.2) is 25.5 Å². The molecule has 1 aromatic carbocycles. The predicted octanol–water partition coefficient (Wildman–Crippen LogP) is 1.48. The van der Waals surface area contributed by atoms with Gasteiger partial charge in [-0.25, -0.2) is 4.39 Å². The maximum Gasteiger partial charge on any atom is 0.233 e. The third-order valence-electron chi connectivity index (χ3n) is 2.36. The molecule has 0 unspecified atom stereocenters. The summed E-state index contributed by atoms with van der Waals surface area (Å²) in [5.74, 6) is -0.234. The van der Waals surface area contributed by atoms with Gasteiger partial charge >= 0.3 is 0 Å². The Morgan fingerprint density at radius 1 is 1.24 bits per heavy atom. The van der Waals surface area contributed by atoms with Crippen molar-refractivity contribution in [3.8, 4) is 0 Å². The molecule has 4 heteroatoms. The molecular formula is C13H19FN2O. The molecule has 1 amide bonds. The second-order valence-electron chi connectivity index (χ2n) is 3.90. The Balaban J connectivity index is 2.14. The molecule has 0 aliphatic heterocycles. The fourth-order valence-electron chi connectivity index (χ4n) is 1.44. The number of hydrogen-bond donors (Lipinski definition) is 2. The van der Waals surface area contributed by atoms with Gasteiger partial charge < -0.3 is 10.6 Å². The lowest BCUT2D eigenvalue weighted by Crippen LogP contribution is -2.35. The fraction of sp³-hybridized carbons (Fsp3) is 0.462. The Kier molecular flexibility index (Phi) is 6.25. The van der Waals surface area contributed by atoms with E-state index in [1.807, 2.05) is 0 Å². The molecule has 2 N–H and O–H groups in total. The van der Waals surface area contributed by atoms with Gasteiger partial charge in [0.1, 0.15) is 5.82 Å². The maximum atomic E-state index is 12.6. The number of nitrogens with one attached hydrogen (secondary N) is 2. The van der Waals surface area contributed by atoms with Crippen molar-refractivity contribution in [1.82, 2.24) is 10.6 Å². The molecule has 0 radical (unpaired) electrons. The number of amides is 1. The summed E-state index contributed by atoms with van der Waals surface area (Å²) in [6.45, 7) is 3.85. The van der Waals surface area contributed by atoms with Gasteiger partial charge in [-0.3, -0.25) is 4.79 Å². The molecule has 0 saturated carbocycles. The molecule has 3 nitrogen and oxygen atoms in total. The van der Waals surface area contributed by atoms with E-state index in [0.717, 1.165) is 24.9 Å². The molecule has 0 aliphatic carbocycles. The van der Waals surface area contributed by atoms with E-state index in [9.17, 15) is 9.18 Å². The molecule has 0 saturated heterocycles. The van der Waals surface area contributed by atoms with E-state index in [-0.39, 0.29) is 11.7 Å². The summed E-state index contributed by atoms with van der Waals surface area (Å²) in [6.07, 6.45) is 1.74. The van der Waals surface area contributed by atoms with Crippen molar-refractivity contribution in [2.45, 2.75) is 19.8 Å². The van der Waals surface area contributed by atoms with E-state index in [2.05, 4.69) is 17.6 Å². The van der Waals surface area contributed by atoms with Crippen LogP contribution in [0.2, 0.25) is 0 Å². The van der Waals surface area contributed by atoms with Crippen LogP contribution in [0.3, 0.4) is 0 Å². The van der Waals surface area contributed by atoms with Gasteiger partial charge in [-0.2, -0.15) is 0 Å². The highest BCUT2D eigenvalue weighted by molar-refractivity contribution is 5.77. The molecule has 17 heavy (non-hydrogen) atoms. The Labute approximate surface area is 101 Å². The first-order chi connectivity index (χ1) is 8.22. The summed E-state index contributed by atoms with van der Waals surface area (Å²) in [5.41, 5.74) is 1.02. The van der Waals surface area contributed by atoms with E-state index in [0.29, 0.717) is 13.1 Å². The van der Waals surface area contributed by atoms with Crippen molar-refractivity contribution in [1.29, 1.82) is 0 Å². The number of carbonyl (C=O) groups excluding carboxylic acids is 1. The van der Waals surface area contributed by atoms with Crippen molar-refractivity contribution >= 4 is 5.91 Å². The highest BCUT2D eigenvalue weighted by Gasteiger charge is 1.99. The van der Waals surface area contributed by atoms with Gasteiger partial charge in [-0.1, -0.05) is 19.1 Å². The second-order valence-corrected chi connectivity index (χ2v) is 3.90. The van der Waals surface area contributed by atoms with Crippen LogP contribution in [0.1, 0.15) is 18.9 Å². The third-order valence-corrected chi connectivity index (χ3v) is 2.36. The minimum absolute atomic E-state index is 0.000520. The average molecular weight is 238 g/mol. The van der Waals surface area contributed by atoms with Crippen LogP contribution in [0.5, 0.6) is 0 Å². The average Bonchev–Trinajstić information content (AvgIpc) is 2.32. The lowest BCUT2D eigenvalue weighted by Gasteiger charge is -2.06. The Morgan fingerprint density at radius 3 is 2.59 bits per heavy atom. The third kappa shape index (κ3) is 6.02. The van der Waals surface area contributed by atoms with E-state index in [1.54, 1.807) is 12.1 Å². The van der Waals surface area contributed by atoms with Crippen molar-refractivity contribution in [3.05, 3.63) is 35.6 Å². The molecule has 0 spiro atoms. The van der Waals surface area contributed by atoms with E-state index in [1.165, 1.54) is 12.1 Å². The van der Waals surface area contributed by atoms with Gasteiger partial charge in [0.2, 0.25) is 5.91 Å². The summed E-state index contributed by atoms with van der Waals surface area (Å²) in [5, 5.41) is 5.84. The highest BCUT2D eigenvalue weighted by atomic mass is 19.1. The monoisotopic (exact) mass is 238 g/mol. The molecule has 1 aromatic rings. The van der Waals surface area contributed by atoms with Gasteiger partial charge in [0, 0.05) is 6.54 Å². The molecular weight excluding hydrogens is 219 g/mol. The Morgan fingerprint density at radius 2 is 1.94 bits per heavy atom. The van der Waals surface area contributed by atoms with E-state index in [4.69, 9.17) is 0 Å². The maximum absolute atomic E-state index is 12.6. The summed E-state index contributed by atoms with van der Waals surface area (Å²) in [6, 6.07) is 6.33. The van der Waals surface area contributed by atoms with Crippen molar-refractivity contribution < 1.29 is 9.18 Å². The van der Waals surface area contributed by atoms with Crippen molar-refractivity contribution in [2.24, 2.45) is 0 Å². The topological polar surface area (TPSA) is 41.1 Å². The standard InChI is InChI=1S/C13H19FN2O/c1-2-8-15-10-13(17)16-9-7-11-3-5-12(14)6-4-11/h3-6,15H,2,7-10H2,1H3,(H,16,17). The zero-order chi connectivity index (χ0) is 12.5. The van der Waals surface area contributed by atoms with Crippen molar-refractivity contribution in [2.75, 3.05) is 19.6 Å². The zero-order valence-electron chi connectivity index (χ0n) is 10.1. The summed E-state index contributed by atoms with van der Waals surface area (Å²) >= 11 is 0. The highest BCUT2D eigenvalue weighted by Crippen LogP contribution is 2.02. The Bertz CT molecular complexity index is 338. The number of rotatable bonds is 7.